The molecule has 0 aliphatic carbocycles. The van der Waals surface area contributed by atoms with Crippen LogP contribution < -0.4 is 11.1 Å². The molecule has 3 N–H and O–H groups in total. The van der Waals surface area contributed by atoms with E-state index < -0.39 is 0 Å². The lowest BCUT2D eigenvalue weighted by Gasteiger charge is -2.23. The predicted octanol–water partition coefficient (Wildman–Crippen LogP) is 2.93. The highest BCUT2D eigenvalue weighted by molar-refractivity contribution is 7.98. The van der Waals surface area contributed by atoms with E-state index in [0.29, 0.717) is 28.9 Å². The summed E-state index contributed by atoms with van der Waals surface area (Å²) in [6.07, 6.45) is 2.53. The molecule has 20 heavy (non-hydrogen) atoms. The highest BCUT2D eigenvalue weighted by Gasteiger charge is 2.11. The quantitative estimate of drug-likeness (QED) is 0.760. The van der Waals surface area contributed by atoms with Crippen molar-refractivity contribution in [3.05, 3.63) is 23.2 Å². The van der Waals surface area contributed by atoms with Gasteiger partial charge in [0.2, 0.25) is 5.91 Å². The van der Waals surface area contributed by atoms with Crippen LogP contribution in [0, 0.1) is 0 Å². The SMILES string of the molecule is CSCC(C)N(C)CCC(=O)Nc1ccc(Cl)cc1N. The molecule has 0 aliphatic rings. The van der Waals surface area contributed by atoms with Gasteiger partial charge in [-0.2, -0.15) is 11.8 Å². The molecule has 0 aliphatic heterocycles. The standard InChI is InChI=1S/C14H22ClN3OS/c1-10(9-20-3)18(2)7-6-14(19)17-13-5-4-11(15)8-12(13)16/h4-5,8,10H,6-7,9,16H2,1-3H3,(H,17,19). The lowest BCUT2D eigenvalue weighted by molar-refractivity contribution is -0.116. The first-order valence-electron chi connectivity index (χ1n) is 6.48. The minimum absolute atomic E-state index is 0.0396. The van der Waals surface area contributed by atoms with E-state index in [0.717, 1.165) is 12.3 Å². The Labute approximate surface area is 130 Å². The topological polar surface area (TPSA) is 58.4 Å². The normalized spacial score (nSPS) is 12.4. The Morgan fingerprint density at radius 3 is 2.85 bits per heavy atom. The molecule has 0 aromatic heterocycles. The Balaban J connectivity index is 2.44. The molecule has 4 nitrogen and oxygen atoms in total. The molecule has 1 atom stereocenters. The van der Waals surface area contributed by atoms with E-state index in [1.807, 2.05) is 7.05 Å². The fourth-order valence-electron chi connectivity index (χ4n) is 1.73. The van der Waals surface area contributed by atoms with Gasteiger partial charge in [-0.05, 0) is 38.4 Å². The van der Waals surface area contributed by atoms with Gasteiger partial charge in [0, 0.05) is 29.8 Å². The van der Waals surface area contributed by atoms with Crippen molar-refractivity contribution in [1.29, 1.82) is 0 Å². The van der Waals surface area contributed by atoms with Crippen LogP contribution in [0.1, 0.15) is 13.3 Å². The number of nitrogen functional groups attached to an aromatic ring is 1. The van der Waals surface area contributed by atoms with Gasteiger partial charge in [-0.3, -0.25) is 4.79 Å². The third-order valence-corrected chi connectivity index (χ3v) is 4.19. The van der Waals surface area contributed by atoms with Gasteiger partial charge >= 0.3 is 0 Å². The van der Waals surface area contributed by atoms with Crippen LogP contribution in [0.3, 0.4) is 0 Å². The van der Waals surface area contributed by atoms with Gasteiger partial charge < -0.3 is 16.0 Å². The van der Waals surface area contributed by atoms with Gasteiger partial charge in [0.25, 0.3) is 0 Å². The summed E-state index contributed by atoms with van der Waals surface area (Å²) in [5.74, 6) is 1.02. The number of thioether (sulfide) groups is 1. The predicted molar refractivity (Wildman–Crippen MR) is 89.6 cm³/mol. The van der Waals surface area contributed by atoms with E-state index in [1.54, 1.807) is 30.0 Å². The minimum Gasteiger partial charge on any atom is -0.397 e. The van der Waals surface area contributed by atoms with Crippen LogP contribution in [0.2, 0.25) is 5.02 Å². The highest BCUT2D eigenvalue weighted by atomic mass is 35.5. The number of amides is 1. The number of carbonyl (C=O) groups is 1. The second kappa shape index (κ2) is 8.39. The molecule has 0 spiro atoms. The Bertz CT molecular complexity index is 456. The first-order chi connectivity index (χ1) is 9.43. The molecule has 0 saturated carbocycles. The first kappa shape index (κ1) is 17.1. The zero-order valence-electron chi connectivity index (χ0n) is 12.1. The first-order valence-corrected chi connectivity index (χ1v) is 8.25. The van der Waals surface area contributed by atoms with E-state index in [1.165, 1.54) is 0 Å². The number of anilines is 2. The molecule has 0 bridgehead atoms. The maximum atomic E-state index is 11.9. The Kier molecular flexibility index (Phi) is 7.19. The number of nitrogens with one attached hydrogen (secondary N) is 1. The fourth-order valence-corrected chi connectivity index (χ4v) is 2.64. The van der Waals surface area contributed by atoms with Crippen LogP contribution >= 0.6 is 23.4 Å². The minimum atomic E-state index is -0.0396. The van der Waals surface area contributed by atoms with Crippen molar-refractivity contribution in [2.45, 2.75) is 19.4 Å². The van der Waals surface area contributed by atoms with Crippen LogP contribution in [0.4, 0.5) is 11.4 Å². The van der Waals surface area contributed by atoms with E-state index in [4.69, 9.17) is 17.3 Å². The summed E-state index contributed by atoms with van der Waals surface area (Å²) >= 11 is 7.63. The van der Waals surface area contributed by atoms with Crippen LogP contribution in [-0.2, 0) is 4.79 Å². The van der Waals surface area contributed by atoms with Crippen molar-refractivity contribution >= 4 is 40.6 Å². The number of hydrogen-bond donors (Lipinski definition) is 2. The Hall–Kier alpha value is -0.910. The van der Waals surface area contributed by atoms with Gasteiger partial charge in [-0.1, -0.05) is 11.6 Å². The van der Waals surface area contributed by atoms with Gasteiger partial charge in [0.15, 0.2) is 0 Å². The molecule has 1 aromatic rings. The number of hydrogen-bond acceptors (Lipinski definition) is 4. The molecule has 112 valence electrons. The van der Waals surface area contributed by atoms with Crippen molar-refractivity contribution in [2.75, 3.05) is 36.7 Å². The summed E-state index contributed by atoms with van der Waals surface area (Å²) in [6, 6.07) is 5.51. The van der Waals surface area contributed by atoms with Crippen molar-refractivity contribution in [2.24, 2.45) is 0 Å². The summed E-state index contributed by atoms with van der Waals surface area (Å²) in [5.41, 5.74) is 6.89. The maximum absolute atomic E-state index is 11.9. The van der Waals surface area contributed by atoms with Crippen LogP contribution in [0.5, 0.6) is 0 Å². The molecule has 6 heteroatoms. The number of benzene rings is 1. The highest BCUT2D eigenvalue weighted by Crippen LogP contribution is 2.22. The van der Waals surface area contributed by atoms with Crippen molar-refractivity contribution in [3.8, 4) is 0 Å². The maximum Gasteiger partial charge on any atom is 0.225 e. The van der Waals surface area contributed by atoms with Gasteiger partial charge in [0.1, 0.15) is 0 Å². The largest absolute Gasteiger partial charge is 0.397 e. The number of nitrogens with zero attached hydrogens (tertiary/aromatic N) is 1. The molecule has 1 aromatic carbocycles. The molecule has 0 heterocycles. The third kappa shape index (κ3) is 5.61. The molecule has 1 amide bonds. The average Bonchev–Trinajstić information content (AvgIpc) is 2.39. The second-order valence-electron chi connectivity index (χ2n) is 4.81. The smallest absolute Gasteiger partial charge is 0.225 e. The van der Waals surface area contributed by atoms with E-state index in [2.05, 4.69) is 23.4 Å². The number of rotatable bonds is 7. The van der Waals surface area contributed by atoms with Crippen molar-refractivity contribution in [1.82, 2.24) is 4.90 Å². The lowest BCUT2D eigenvalue weighted by Crippen LogP contribution is -2.33. The number of halogens is 1. The average molecular weight is 316 g/mol. The van der Waals surface area contributed by atoms with E-state index >= 15 is 0 Å². The summed E-state index contributed by atoms with van der Waals surface area (Å²) in [6.45, 7) is 2.88. The van der Waals surface area contributed by atoms with Crippen LogP contribution in [-0.4, -0.2) is 42.4 Å². The summed E-state index contributed by atoms with van der Waals surface area (Å²) in [5, 5.41) is 3.37. The summed E-state index contributed by atoms with van der Waals surface area (Å²) in [4.78, 5) is 14.1. The van der Waals surface area contributed by atoms with Crippen LogP contribution in [0.25, 0.3) is 0 Å². The zero-order chi connectivity index (χ0) is 15.1. The molecule has 1 unspecified atom stereocenters. The zero-order valence-corrected chi connectivity index (χ0v) is 13.7. The molecule has 0 saturated heterocycles. The monoisotopic (exact) mass is 315 g/mol. The fraction of sp³-hybridized carbons (Fsp3) is 0.500. The lowest BCUT2D eigenvalue weighted by atomic mass is 10.2. The van der Waals surface area contributed by atoms with E-state index in [9.17, 15) is 4.79 Å². The summed E-state index contributed by atoms with van der Waals surface area (Å²) in [7, 11) is 2.03. The van der Waals surface area contributed by atoms with Crippen LogP contribution in [0.15, 0.2) is 18.2 Å². The van der Waals surface area contributed by atoms with E-state index in [-0.39, 0.29) is 5.91 Å². The van der Waals surface area contributed by atoms with Gasteiger partial charge in [-0.25, -0.2) is 0 Å². The number of carbonyl (C=O) groups excluding carboxylic acids is 1. The second-order valence-corrected chi connectivity index (χ2v) is 6.16. The van der Waals surface area contributed by atoms with Gasteiger partial charge in [-0.15, -0.1) is 0 Å². The summed E-state index contributed by atoms with van der Waals surface area (Å²) < 4.78 is 0. The Morgan fingerprint density at radius 1 is 1.55 bits per heavy atom. The Morgan fingerprint density at radius 2 is 2.25 bits per heavy atom. The molecule has 0 radical (unpaired) electrons. The third-order valence-electron chi connectivity index (χ3n) is 3.14. The van der Waals surface area contributed by atoms with Crippen molar-refractivity contribution in [3.63, 3.8) is 0 Å². The number of nitrogens with two attached hydrogens (primary N) is 1. The molecular weight excluding hydrogens is 294 g/mol. The van der Waals surface area contributed by atoms with Gasteiger partial charge in [0.05, 0.1) is 11.4 Å². The molecule has 0 fully saturated rings. The molecular formula is C14H22ClN3OS. The molecule has 1 rings (SSSR count). The van der Waals surface area contributed by atoms with Crippen molar-refractivity contribution < 1.29 is 4.79 Å².